The zero-order valence-corrected chi connectivity index (χ0v) is 10.7. The molecule has 2 N–H and O–H groups in total. The summed E-state index contributed by atoms with van der Waals surface area (Å²) < 4.78 is 38.2. The number of hydrogen-bond acceptors (Lipinski definition) is 2. The van der Waals surface area contributed by atoms with Crippen LogP contribution in [0.15, 0.2) is 24.3 Å². The van der Waals surface area contributed by atoms with Crippen LogP contribution in [-0.4, -0.2) is 0 Å². The number of hydrogen-bond donors (Lipinski definition) is 1. The number of nitrogen functional groups attached to an aromatic ring is 1. The summed E-state index contributed by atoms with van der Waals surface area (Å²) in [6.07, 6.45) is -4.37. The van der Waals surface area contributed by atoms with E-state index in [4.69, 9.17) is 5.73 Å². The van der Waals surface area contributed by atoms with Gasteiger partial charge in [0.2, 0.25) is 0 Å². The molecule has 1 aromatic carbocycles. The lowest BCUT2D eigenvalue weighted by Gasteiger charge is -2.10. The lowest BCUT2D eigenvalue weighted by molar-refractivity contribution is -0.137. The molecule has 1 heterocycles. The zero-order valence-electron chi connectivity index (χ0n) is 9.93. The summed E-state index contributed by atoms with van der Waals surface area (Å²) in [6.45, 7) is 3.81. The van der Waals surface area contributed by atoms with E-state index in [-0.39, 0.29) is 5.69 Å². The van der Waals surface area contributed by atoms with Gasteiger partial charge >= 0.3 is 6.18 Å². The SMILES string of the molecule is Cc1cc(C)c(-c2cc(N)cc(C(F)(F)F)c2)s1. The summed E-state index contributed by atoms with van der Waals surface area (Å²) >= 11 is 1.47. The lowest BCUT2D eigenvalue weighted by atomic mass is 10.1. The first-order valence-corrected chi connectivity index (χ1v) is 6.14. The first kappa shape index (κ1) is 13.0. The smallest absolute Gasteiger partial charge is 0.399 e. The maximum Gasteiger partial charge on any atom is 0.416 e. The van der Waals surface area contributed by atoms with Gasteiger partial charge in [-0.25, -0.2) is 0 Å². The van der Waals surface area contributed by atoms with Crippen LogP contribution < -0.4 is 5.73 Å². The Morgan fingerprint density at radius 2 is 1.72 bits per heavy atom. The molecule has 0 unspecified atom stereocenters. The van der Waals surface area contributed by atoms with Crippen molar-refractivity contribution in [3.63, 3.8) is 0 Å². The van der Waals surface area contributed by atoms with Gasteiger partial charge in [0.05, 0.1) is 5.56 Å². The molecule has 96 valence electrons. The van der Waals surface area contributed by atoms with Crippen molar-refractivity contribution in [1.29, 1.82) is 0 Å². The molecule has 0 aliphatic rings. The van der Waals surface area contributed by atoms with Crippen molar-refractivity contribution in [3.05, 3.63) is 40.3 Å². The van der Waals surface area contributed by atoms with Crippen LogP contribution in [-0.2, 0) is 6.18 Å². The Balaban J connectivity index is 2.59. The quantitative estimate of drug-likeness (QED) is 0.752. The van der Waals surface area contributed by atoms with E-state index in [2.05, 4.69) is 0 Å². The van der Waals surface area contributed by atoms with E-state index < -0.39 is 11.7 Å². The Morgan fingerprint density at radius 1 is 1.06 bits per heavy atom. The molecular formula is C13H12F3NS. The van der Waals surface area contributed by atoms with Crippen LogP contribution >= 0.6 is 11.3 Å². The molecule has 0 saturated carbocycles. The summed E-state index contributed by atoms with van der Waals surface area (Å²) in [5.74, 6) is 0. The van der Waals surface area contributed by atoms with Crippen molar-refractivity contribution >= 4 is 17.0 Å². The highest BCUT2D eigenvalue weighted by Gasteiger charge is 2.31. The van der Waals surface area contributed by atoms with E-state index in [1.807, 2.05) is 19.9 Å². The van der Waals surface area contributed by atoms with Crippen molar-refractivity contribution in [2.45, 2.75) is 20.0 Å². The molecule has 0 aliphatic heterocycles. The van der Waals surface area contributed by atoms with Crippen molar-refractivity contribution < 1.29 is 13.2 Å². The number of thiophene rings is 1. The summed E-state index contributed by atoms with van der Waals surface area (Å²) in [5.41, 5.74) is 6.47. The number of alkyl halides is 3. The highest BCUT2D eigenvalue weighted by molar-refractivity contribution is 7.15. The fourth-order valence-electron chi connectivity index (χ4n) is 1.87. The lowest BCUT2D eigenvalue weighted by Crippen LogP contribution is -2.05. The van der Waals surface area contributed by atoms with E-state index in [1.165, 1.54) is 11.3 Å². The summed E-state index contributed by atoms with van der Waals surface area (Å²) in [7, 11) is 0. The third kappa shape index (κ3) is 2.51. The fourth-order valence-corrected chi connectivity index (χ4v) is 2.89. The molecule has 0 fully saturated rings. The summed E-state index contributed by atoms with van der Waals surface area (Å²) in [5, 5.41) is 0. The van der Waals surface area contributed by atoms with Gasteiger partial charge < -0.3 is 5.73 Å². The molecule has 0 spiro atoms. The average Bonchev–Trinajstić information content (AvgIpc) is 2.55. The van der Waals surface area contributed by atoms with Crippen molar-refractivity contribution in [1.82, 2.24) is 0 Å². The first-order chi connectivity index (χ1) is 8.27. The van der Waals surface area contributed by atoms with Crippen LogP contribution in [0.25, 0.3) is 10.4 Å². The van der Waals surface area contributed by atoms with Gasteiger partial charge in [-0.05, 0) is 49.2 Å². The minimum atomic E-state index is -4.37. The van der Waals surface area contributed by atoms with Gasteiger partial charge in [-0.1, -0.05) is 0 Å². The van der Waals surface area contributed by atoms with E-state index in [1.54, 1.807) is 6.07 Å². The van der Waals surface area contributed by atoms with Gasteiger partial charge in [0.1, 0.15) is 0 Å². The Bertz CT molecular complexity index is 584. The molecule has 0 saturated heterocycles. The molecule has 2 rings (SSSR count). The fraction of sp³-hybridized carbons (Fsp3) is 0.231. The Hall–Kier alpha value is -1.49. The molecule has 0 bridgehead atoms. The number of halogens is 3. The minimum absolute atomic E-state index is 0.130. The molecule has 0 aliphatic carbocycles. The maximum atomic E-state index is 12.7. The molecule has 0 amide bonds. The zero-order chi connectivity index (χ0) is 13.5. The molecule has 0 atom stereocenters. The van der Waals surface area contributed by atoms with Crippen LogP contribution in [0.5, 0.6) is 0 Å². The molecule has 1 aromatic heterocycles. The molecule has 0 radical (unpaired) electrons. The summed E-state index contributed by atoms with van der Waals surface area (Å²) in [4.78, 5) is 1.91. The average molecular weight is 271 g/mol. The normalized spacial score (nSPS) is 11.8. The Morgan fingerprint density at radius 3 is 2.22 bits per heavy atom. The van der Waals surface area contributed by atoms with Gasteiger partial charge in [-0.3, -0.25) is 0 Å². The first-order valence-electron chi connectivity index (χ1n) is 5.32. The molecule has 5 heteroatoms. The second kappa shape index (κ2) is 4.31. The summed E-state index contributed by atoms with van der Waals surface area (Å²) in [6, 6.07) is 5.64. The van der Waals surface area contributed by atoms with E-state index in [0.717, 1.165) is 27.5 Å². The van der Waals surface area contributed by atoms with E-state index >= 15 is 0 Å². The van der Waals surface area contributed by atoms with Crippen LogP contribution in [0.2, 0.25) is 0 Å². The Labute approximate surface area is 107 Å². The predicted molar refractivity (Wildman–Crippen MR) is 68.6 cm³/mol. The molecular weight excluding hydrogens is 259 g/mol. The second-order valence-electron chi connectivity index (χ2n) is 4.21. The van der Waals surface area contributed by atoms with Gasteiger partial charge in [0, 0.05) is 15.4 Å². The highest BCUT2D eigenvalue weighted by atomic mass is 32.1. The molecule has 1 nitrogen and oxygen atoms in total. The monoisotopic (exact) mass is 271 g/mol. The number of benzene rings is 1. The van der Waals surface area contributed by atoms with Crippen LogP contribution in [0.4, 0.5) is 18.9 Å². The van der Waals surface area contributed by atoms with Gasteiger partial charge in [0.15, 0.2) is 0 Å². The van der Waals surface area contributed by atoms with Crippen LogP contribution in [0, 0.1) is 13.8 Å². The third-order valence-corrected chi connectivity index (χ3v) is 3.79. The largest absolute Gasteiger partial charge is 0.416 e. The van der Waals surface area contributed by atoms with Crippen molar-refractivity contribution in [2.24, 2.45) is 0 Å². The topological polar surface area (TPSA) is 26.0 Å². The molecule has 18 heavy (non-hydrogen) atoms. The van der Waals surface area contributed by atoms with Crippen LogP contribution in [0.1, 0.15) is 16.0 Å². The van der Waals surface area contributed by atoms with Crippen molar-refractivity contribution in [3.8, 4) is 10.4 Å². The maximum absolute atomic E-state index is 12.7. The number of aryl methyl sites for hydroxylation is 2. The van der Waals surface area contributed by atoms with E-state index in [0.29, 0.717) is 5.56 Å². The van der Waals surface area contributed by atoms with Gasteiger partial charge in [0.25, 0.3) is 0 Å². The van der Waals surface area contributed by atoms with Crippen LogP contribution in [0.3, 0.4) is 0 Å². The molecule has 2 aromatic rings. The Kier molecular flexibility index (Phi) is 3.11. The number of anilines is 1. The number of nitrogens with two attached hydrogens (primary N) is 1. The highest BCUT2D eigenvalue weighted by Crippen LogP contribution is 2.37. The predicted octanol–water partition coefficient (Wildman–Crippen LogP) is 4.63. The third-order valence-electron chi connectivity index (χ3n) is 2.59. The van der Waals surface area contributed by atoms with Gasteiger partial charge in [-0.2, -0.15) is 13.2 Å². The number of rotatable bonds is 1. The van der Waals surface area contributed by atoms with E-state index in [9.17, 15) is 13.2 Å². The second-order valence-corrected chi connectivity index (χ2v) is 5.47. The standard InChI is InChI=1S/C13H12F3NS/c1-7-3-8(2)18-12(7)9-4-10(13(14,15)16)6-11(17)5-9/h3-6H,17H2,1-2H3. The minimum Gasteiger partial charge on any atom is -0.399 e. The van der Waals surface area contributed by atoms with Gasteiger partial charge in [-0.15, -0.1) is 11.3 Å². The van der Waals surface area contributed by atoms with Crippen molar-refractivity contribution in [2.75, 3.05) is 5.73 Å².